The lowest BCUT2D eigenvalue weighted by Crippen LogP contribution is -2.30. The van der Waals surface area contributed by atoms with Gasteiger partial charge in [0.1, 0.15) is 0 Å². The molecule has 0 radical (unpaired) electrons. The summed E-state index contributed by atoms with van der Waals surface area (Å²) in [7, 11) is 0. The lowest BCUT2D eigenvalue weighted by atomic mass is 9.98. The summed E-state index contributed by atoms with van der Waals surface area (Å²) in [4.78, 5) is 15.9. The van der Waals surface area contributed by atoms with Crippen LogP contribution in [0.25, 0.3) is 11.1 Å². The Morgan fingerprint density at radius 2 is 1.17 bits per heavy atom. The summed E-state index contributed by atoms with van der Waals surface area (Å²) in [6.45, 7) is 1.24. The normalized spacial score (nSPS) is 13.0. The van der Waals surface area contributed by atoms with E-state index in [0.717, 1.165) is 33.8 Å². The summed E-state index contributed by atoms with van der Waals surface area (Å²) >= 11 is 0. The summed E-state index contributed by atoms with van der Waals surface area (Å²) in [5.74, 6) is 2.78. The average Bonchev–Trinajstić information content (AvgIpc) is 3.57. The van der Waals surface area contributed by atoms with Gasteiger partial charge >= 0.3 is 0 Å². The highest BCUT2D eigenvalue weighted by Gasteiger charge is 2.23. The van der Waals surface area contributed by atoms with E-state index in [4.69, 9.17) is 18.9 Å². The van der Waals surface area contributed by atoms with E-state index in [1.807, 2.05) is 95.9 Å². The first-order valence-electron chi connectivity index (χ1n) is 11.5. The summed E-state index contributed by atoms with van der Waals surface area (Å²) < 4.78 is 22.0. The van der Waals surface area contributed by atoms with Gasteiger partial charge in [-0.05, 0) is 52.6 Å². The molecule has 2 aliphatic heterocycles. The Morgan fingerprint density at radius 1 is 0.629 bits per heavy atom. The summed E-state index contributed by atoms with van der Waals surface area (Å²) in [6, 6.07) is 29.3. The van der Waals surface area contributed by atoms with E-state index in [-0.39, 0.29) is 19.5 Å². The molecule has 0 atom stereocenters. The molecule has 4 aromatic carbocycles. The molecule has 174 valence electrons. The molecule has 6 nitrogen and oxygen atoms in total. The third-order valence-electron chi connectivity index (χ3n) is 6.15. The highest BCUT2D eigenvalue weighted by atomic mass is 16.7. The van der Waals surface area contributed by atoms with E-state index in [0.29, 0.717) is 30.2 Å². The fourth-order valence-electron chi connectivity index (χ4n) is 4.43. The molecule has 35 heavy (non-hydrogen) atoms. The van der Waals surface area contributed by atoms with Crippen molar-refractivity contribution in [2.75, 3.05) is 13.6 Å². The zero-order valence-corrected chi connectivity index (χ0v) is 19.0. The first kappa shape index (κ1) is 21.1. The van der Waals surface area contributed by atoms with Crippen molar-refractivity contribution in [1.29, 1.82) is 0 Å². The van der Waals surface area contributed by atoms with Crippen molar-refractivity contribution in [3.05, 3.63) is 108 Å². The van der Waals surface area contributed by atoms with Crippen LogP contribution in [0.2, 0.25) is 0 Å². The molecule has 0 aromatic heterocycles. The number of hydrogen-bond acceptors (Lipinski definition) is 5. The van der Waals surface area contributed by atoms with Gasteiger partial charge in [-0.25, -0.2) is 0 Å². The van der Waals surface area contributed by atoms with Crippen molar-refractivity contribution in [3.63, 3.8) is 0 Å². The third kappa shape index (κ3) is 4.26. The van der Waals surface area contributed by atoms with Crippen molar-refractivity contribution < 1.29 is 23.7 Å². The third-order valence-corrected chi connectivity index (χ3v) is 6.15. The van der Waals surface area contributed by atoms with E-state index in [1.54, 1.807) is 0 Å². The Balaban J connectivity index is 1.36. The minimum atomic E-state index is -0.0558. The molecule has 0 N–H and O–H groups in total. The van der Waals surface area contributed by atoms with Crippen LogP contribution < -0.4 is 18.9 Å². The summed E-state index contributed by atoms with van der Waals surface area (Å²) in [6.07, 6.45) is 0. The van der Waals surface area contributed by atoms with Crippen LogP contribution in [0, 0.1) is 0 Å². The molecular weight excluding hydrogens is 442 g/mol. The van der Waals surface area contributed by atoms with Gasteiger partial charge in [-0.15, -0.1) is 0 Å². The zero-order chi connectivity index (χ0) is 23.6. The molecule has 0 fully saturated rings. The van der Waals surface area contributed by atoms with Crippen LogP contribution >= 0.6 is 0 Å². The van der Waals surface area contributed by atoms with Crippen LogP contribution in [-0.2, 0) is 13.1 Å². The van der Waals surface area contributed by atoms with Gasteiger partial charge in [-0.2, -0.15) is 0 Å². The van der Waals surface area contributed by atoms with E-state index in [9.17, 15) is 4.79 Å². The van der Waals surface area contributed by atoms with Gasteiger partial charge in [0.2, 0.25) is 13.6 Å². The molecule has 4 aromatic rings. The van der Waals surface area contributed by atoms with E-state index in [1.165, 1.54) is 0 Å². The van der Waals surface area contributed by atoms with Crippen molar-refractivity contribution in [1.82, 2.24) is 4.90 Å². The van der Waals surface area contributed by atoms with E-state index in [2.05, 4.69) is 0 Å². The number of ether oxygens (including phenoxy) is 4. The number of hydrogen-bond donors (Lipinski definition) is 0. The number of fused-ring (bicyclic) bond motifs is 2. The number of nitrogens with zero attached hydrogens (tertiary/aromatic N) is 1. The highest BCUT2D eigenvalue weighted by molar-refractivity contribution is 6.00. The first-order chi connectivity index (χ1) is 17.2. The molecule has 0 bridgehead atoms. The molecular formula is C29H23NO5. The summed E-state index contributed by atoms with van der Waals surface area (Å²) in [5.41, 5.74) is 4.48. The Morgan fingerprint density at radius 3 is 1.80 bits per heavy atom. The topological polar surface area (TPSA) is 57.2 Å². The Hall–Kier alpha value is -4.45. The SMILES string of the molecule is O=C(c1ccccc1-c1ccccc1)N(Cc1ccc2c(c1)OCO2)Cc1ccc2c(c1)OCO2. The van der Waals surface area contributed by atoms with Gasteiger partial charge in [-0.3, -0.25) is 4.79 Å². The van der Waals surface area contributed by atoms with E-state index >= 15 is 0 Å². The number of rotatable bonds is 6. The fraction of sp³-hybridized carbons (Fsp3) is 0.138. The molecule has 0 unspecified atom stereocenters. The fourth-order valence-corrected chi connectivity index (χ4v) is 4.43. The second kappa shape index (κ2) is 9.06. The highest BCUT2D eigenvalue weighted by Crippen LogP contribution is 2.35. The molecule has 0 saturated heterocycles. The minimum absolute atomic E-state index is 0.0558. The predicted octanol–water partition coefficient (Wildman–Crippen LogP) is 5.65. The van der Waals surface area contributed by atoms with Crippen LogP contribution in [0.3, 0.4) is 0 Å². The first-order valence-corrected chi connectivity index (χ1v) is 11.5. The number of benzene rings is 4. The van der Waals surface area contributed by atoms with Crippen LogP contribution in [0.4, 0.5) is 0 Å². The maximum Gasteiger partial charge on any atom is 0.255 e. The minimum Gasteiger partial charge on any atom is -0.454 e. The largest absolute Gasteiger partial charge is 0.454 e. The van der Waals surface area contributed by atoms with Gasteiger partial charge in [0, 0.05) is 18.7 Å². The maximum absolute atomic E-state index is 14.0. The molecule has 1 amide bonds. The molecule has 6 heteroatoms. The number of amides is 1. The van der Waals surface area contributed by atoms with Crippen molar-refractivity contribution in [2.24, 2.45) is 0 Å². The van der Waals surface area contributed by atoms with E-state index < -0.39 is 0 Å². The van der Waals surface area contributed by atoms with Crippen LogP contribution in [0.15, 0.2) is 91.0 Å². The molecule has 6 rings (SSSR count). The Labute approximate surface area is 203 Å². The average molecular weight is 466 g/mol. The van der Waals surface area contributed by atoms with Crippen LogP contribution in [-0.4, -0.2) is 24.4 Å². The Bertz CT molecular complexity index is 1330. The monoisotopic (exact) mass is 465 g/mol. The van der Waals surface area contributed by atoms with Crippen LogP contribution in [0.5, 0.6) is 23.0 Å². The standard InChI is InChI=1S/C29H23NO5/c31-29(24-9-5-4-8-23(24)22-6-2-1-3-7-22)30(16-20-10-12-25-27(14-20)34-18-32-25)17-21-11-13-26-28(15-21)35-19-33-26/h1-15H,16-19H2. The second-order valence-electron chi connectivity index (χ2n) is 8.45. The van der Waals surface area contributed by atoms with Gasteiger partial charge in [-0.1, -0.05) is 60.7 Å². The zero-order valence-electron chi connectivity index (χ0n) is 19.0. The number of carbonyl (C=O) groups excluding carboxylic acids is 1. The lowest BCUT2D eigenvalue weighted by molar-refractivity contribution is 0.0730. The van der Waals surface area contributed by atoms with Crippen molar-refractivity contribution in [2.45, 2.75) is 13.1 Å². The van der Waals surface area contributed by atoms with Crippen molar-refractivity contribution in [3.8, 4) is 34.1 Å². The predicted molar refractivity (Wildman–Crippen MR) is 131 cm³/mol. The molecule has 0 aliphatic carbocycles. The van der Waals surface area contributed by atoms with Crippen LogP contribution in [0.1, 0.15) is 21.5 Å². The van der Waals surface area contributed by atoms with Crippen molar-refractivity contribution >= 4 is 5.91 Å². The number of carbonyl (C=O) groups is 1. The molecule has 0 saturated carbocycles. The lowest BCUT2D eigenvalue weighted by Gasteiger charge is -2.25. The smallest absolute Gasteiger partial charge is 0.255 e. The maximum atomic E-state index is 14.0. The summed E-state index contributed by atoms with van der Waals surface area (Å²) in [5, 5.41) is 0. The second-order valence-corrected chi connectivity index (χ2v) is 8.45. The van der Waals surface area contributed by atoms with Gasteiger partial charge in [0.05, 0.1) is 0 Å². The van der Waals surface area contributed by atoms with Gasteiger partial charge in [0.25, 0.3) is 5.91 Å². The van der Waals surface area contributed by atoms with Gasteiger partial charge in [0.15, 0.2) is 23.0 Å². The Kier molecular flexibility index (Phi) is 5.47. The van der Waals surface area contributed by atoms with Gasteiger partial charge < -0.3 is 23.8 Å². The molecule has 0 spiro atoms. The molecule has 2 aliphatic rings. The molecule has 2 heterocycles. The quantitative estimate of drug-likeness (QED) is 0.368.